The predicted octanol–water partition coefficient (Wildman–Crippen LogP) is -0.611. The van der Waals surface area contributed by atoms with Gasteiger partial charge in [0.1, 0.15) is 6.10 Å². The number of rotatable bonds is 5. The Kier molecular flexibility index (Phi) is 4.28. The topological polar surface area (TPSA) is 119 Å². The van der Waals surface area contributed by atoms with E-state index >= 15 is 0 Å². The van der Waals surface area contributed by atoms with Crippen LogP contribution >= 0.6 is 0 Å². The summed E-state index contributed by atoms with van der Waals surface area (Å²) in [5.74, 6) is -2.00. The second-order valence-electron chi connectivity index (χ2n) is 5.05. The van der Waals surface area contributed by atoms with Crippen LogP contribution in [-0.4, -0.2) is 40.6 Å². The zero-order valence-electron chi connectivity index (χ0n) is 10.4. The summed E-state index contributed by atoms with van der Waals surface area (Å²) in [6.07, 6.45) is -1.04. The maximum atomic E-state index is 11.8. The average molecular weight is 258 g/mol. The highest BCUT2D eigenvalue weighted by Crippen LogP contribution is 2.21. The Balaban J connectivity index is 2.52. The van der Waals surface area contributed by atoms with Crippen LogP contribution in [0.3, 0.4) is 0 Å². The third kappa shape index (κ3) is 3.99. The SMILES string of the molecule is CC(C)(CC(N)=O)NC(=O)C1CCC(C(=O)O)O1. The quantitative estimate of drug-likeness (QED) is 0.607. The highest BCUT2D eigenvalue weighted by atomic mass is 16.5. The zero-order valence-corrected chi connectivity index (χ0v) is 10.4. The maximum Gasteiger partial charge on any atom is 0.332 e. The number of ether oxygens (including phenoxy) is 1. The van der Waals surface area contributed by atoms with E-state index in [1.807, 2.05) is 0 Å². The molecule has 7 heteroatoms. The molecule has 2 unspecified atom stereocenters. The largest absolute Gasteiger partial charge is 0.479 e. The van der Waals surface area contributed by atoms with E-state index in [4.69, 9.17) is 15.6 Å². The van der Waals surface area contributed by atoms with E-state index in [-0.39, 0.29) is 6.42 Å². The molecule has 0 spiro atoms. The third-order valence-corrected chi connectivity index (χ3v) is 2.67. The van der Waals surface area contributed by atoms with Crippen LogP contribution in [0.5, 0.6) is 0 Å². The first-order chi connectivity index (χ1) is 8.21. The molecule has 0 aromatic heterocycles. The number of carbonyl (C=O) groups is 3. The first kappa shape index (κ1) is 14.4. The second kappa shape index (κ2) is 5.34. The molecule has 1 rings (SSSR count). The van der Waals surface area contributed by atoms with Gasteiger partial charge in [-0.1, -0.05) is 0 Å². The van der Waals surface area contributed by atoms with Crippen LogP contribution in [0.1, 0.15) is 33.1 Å². The lowest BCUT2D eigenvalue weighted by molar-refractivity contribution is -0.152. The summed E-state index contributed by atoms with van der Waals surface area (Å²) >= 11 is 0. The van der Waals surface area contributed by atoms with Crippen molar-refractivity contribution in [3.63, 3.8) is 0 Å². The summed E-state index contributed by atoms with van der Waals surface area (Å²) in [6.45, 7) is 3.33. The van der Waals surface area contributed by atoms with E-state index in [1.165, 1.54) is 0 Å². The van der Waals surface area contributed by atoms with Gasteiger partial charge < -0.3 is 20.9 Å². The number of primary amides is 1. The molecule has 1 aliphatic rings. The standard InChI is InChI=1S/C11H18N2O5/c1-11(2,5-8(12)14)13-9(15)6-3-4-7(18-6)10(16)17/h6-7H,3-5H2,1-2H3,(H2,12,14)(H,13,15)(H,16,17). The van der Waals surface area contributed by atoms with Crippen molar-refractivity contribution < 1.29 is 24.2 Å². The van der Waals surface area contributed by atoms with Crippen molar-refractivity contribution in [2.75, 3.05) is 0 Å². The number of nitrogens with one attached hydrogen (secondary N) is 1. The fourth-order valence-electron chi connectivity index (χ4n) is 1.91. The van der Waals surface area contributed by atoms with Gasteiger partial charge in [-0.25, -0.2) is 4.79 Å². The Hall–Kier alpha value is -1.63. The normalized spacial score (nSPS) is 23.7. The molecule has 2 atom stereocenters. The molecule has 0 aliphatic carbocycles. The summed E-state index contributed by atoms with van der Waals surface area (Å²) < 4.78 is 5.11. The average Bonchev–Trinajstić information content (AvgIpc) is 2.62. The molecule has 1 aliphatic heterocycles. The molecule has 0 aromatic carbocycles. The minimum atomic E-state index is -1.07. The minimum absolute atomic E-state index is 0.00776. The summed E-state index contributed by atoms with van der Waals surface area (Å²) in [4.78, 5) is 33.3. The lowest BCUT2D eigenvalue weighted by Gasteiger charge is -2.26. The molecule has 18 heavy (non-hydrogen) atoms. The van der Waals surface area contributed by atoms with Crippen LogP contribution in [-0.2, 0) is 19.1 Å². The Bertz CT molecular complexity index is 366. The number of aliphatic carboxylic acids is 1. The maximum absolute atomic E-state index is 11.8. The molecule has 7 nitrogen and oxygen atoms in total. The number of hydrogen-bond donors (Lipinski definition) is 3. The first-order valence-corrected chi connectivity index (χ1v) is 5.70. The molecule has 1 saturated heterocycles. The van der Waals surface area contributed by atoms with Gasteiger partial charge >= 0.3 is 5.97 Å². The van der Waals surface area contributed by atoms with Gasteiger partial charge in [0.05, 0.1) is 0 Å². The number of carboxylic acids is 1. The van der Waals surface area contributed by atoms with Crippen molar-refractivity contribution in [3.8, 4) is 0 Å². The van der Waals surface area contributed by atoms with Crippen molar-refractivity contribution in [1.29, 1.82) is 0 Å². The lowest BCUT2D eigenvalue weighted by atomic mass is 9.99. The van der Waals surface area contributed by atoms with Crippen molar-refractivity contribution >= 4 is 17.8 Å². The Labute approximate surface area is 105 Å². The summed E-state index contributed by atoms with van der Waals surface area (Å²) in [7, 11) is 0. The molecule has 2 amide bonds. The van der Waals surface area contributed by atoms with Gasteiger partial charge in [0.15, 0.2) is 6.10 Å². The zero-order chi connectivity index (χ0) is 13.9. The van der Waals surface area contributed by atoms with Gasteiger partial charge in [0, 0.05) is 12.0 Å². The highest BCUT2D eigenvalue weighted by Gasteiger charge is 2.36. The highest BCUT2D eigenvalue weighted by molar-refractivity contribution is 5.84. The molecule has 4 N–H and O–H groups in total. The van der Waals surface area contributed by atoms with E-state index in [9.17, 15) is 14.4 Å². The van der Waals surface area contributed by atoms with Gasteiger partial charge in [-0.15, -0.1) is 0 Å². The number of hydrogen-bond acceptors (Lipinski definition) is 4. The minimum Gasteiger partial charge on any atom is -0.479 e. The van der Waals surface area contributed by atoms with E-state index in [0.29, 0.717) is 12.8 Å². The van der Waals surface area contributed by atoms with Crippen LogP contribution in [0, 0.1) is 0 Å². The molecular weight excluding hydrogens is 240 g/mol. The molecule has 1 heterocycles. The lowest BCUT2D eigenvalue weighted by Crippen LogP contribution is -2.49. The van der Waals surface area contributed by atoms with E-state index < -0.39 is 35.5 Å². The van der Waals surface area contributed by atoms with E-state index in [0.717, 1.165) is 0 Å². The summed E-state index contributed by atoms with van der Waals surface area (Å²) in [6, 6.07) is 0. The number of nitrogens with two attached hydrogens (primary N) is 1. The molecule has 0 radical (unpaired) electrons. The van der Waals surface area contributed by atoms with E-state index in [1.54, 1.807) is 13.8 Å². The van der Waals surface area contributed by atoms with Gasteiger partial charge in [-0.3, -0.25) is 9.59 Å². The van der Waals surface area contributed by atoms with E-state index in [2.05, 4.69) is 5.32 Å². The Morgan fingerprint density at radius 1 is 1.33 bits per heavy atom. The molecule has 1 fully saturated rings. The van der Waals surface area contributed by atoms with Crippen molar-refractivity contribution in [2.24, 2.45) is 5.73 Å². The molecule has 0 saturated carbocycles. The Morgan fingerprint density at radius 3 is 2.33 bits per heavy atom. The fourth-order valence-corrected chi connectivity index (χ4v) is 1.91. The summed E-state index contributed by atoms with van der Waals surface area (Å²) in [5.41, 5.74) is 4.30. The number of amides is 2. The van der Waals surface area contributed by atoms with Crippen molar-refractivity contribution in [3.05, 3.63) is 0 Å². The molecule has 0 bridgehead atoms. The van der Waals surface area contributed by atoms with Crippen LogP contribution in [0.25, 0.3) is 0 Å². The van der Waals surface area contributed by atoms with Gasteiger partial charge in [0.25, 0.3) is 0 Å². The first-order valence-electron chi connectivity index (χ1n) is 5.70. The third-order valence-electron chi connectivity index (χ3n) is 2.67. The predicted molar refractivity (Wildman–Crippen MR) is 61.6 cm³/mol. The molecule has 102 valence electrons. The van der Waals surface area contributed by atoms with Gasteiger partial charge in [0.2, 0.25) is 11.8 Å². The molecule has 0 aromatic rings. The van der Waals surface area contributed by atoms with Crippen LogP contribution in [0.15, 0.2) is 0 Å². The monoisotopic (exact) mass is 258 g/mol. The van der Waals surface area contributed by atoms with Crippen LogP contribution in [0.2, 0.25) is 0 Å². The summed E-state index contributed by atoms with van der Waals surface area (Å²) in [5, 5.41) is 11.4. The van der Waals surface area contributed by atoms with Crippen LogP contribution in [0.4, 0.5) is 0 Å². The van der Waals surface area contributed by atoms with Crippen molar-refractivity contribution in [1.82, 2.24) is 5.32 Å². The fraction of sp³-hybridized carbons (Fsp3) is 0.727. The molecular formula is C11H18N2O5. The number of carboxylic acid groups (broad SMARTS) is 1. The number of carbonyl (C=O) groups excluding carboxylic acids is 2. The van der Waals surface area contributed by atoms with Crippen molar-refractivity contribution in [2.45, 2.75) is 50.9 Å². The van der Waals surface area contributed by atoms with Crippen LogP contribution < -0.4 is 11.1 Å². The van der Waals surface area contributed by atoms with Gasteiger partial charge in [-0.05, 0) is 26.7 Å². The smallest absolute Gasteiger partial charge is 0.332 e. The second-order valence-corrected chi connectivity index (χ2v) is 5.05. The van der Waals surface area contributed by atoms with Gasteiger partial charge in [-0.2, -0.15) is 0 Å². The Morgan fingerprint density at radius 2 is 1.89 bits per heavy atom.